The summed E-state index contributed by atoms with van der Waals surface area (Å²) in [6.07, 6.45) is -0.117. The standard InChI is InChI=1S/C13H13ClFNO2/c1-3-18-12(17)13(2,8-16)7-9-10(14)5-4-6-11(9)15/h4-6H,3,7H2,1-2H3. The number of rotatable bonds is 4. The van der Waals surface area contributed by atoms with Gasteiger partial charge in [0.25, 0.3) is 0 Å². The van der Waals surface area contributed by atoms with E-state index in [-0.39, 0.29) is 23.6 Å². The molecule has 1 aromatic carbocycles. The van der Waals surface area contributed by atoms with E-state index in [0.29, 0.717) is 0 Å². The fourth-order valence-corrected chi connectivity index (χ4v) is 1.73. The van der Waals surface area contributed by atoms with Crippen LogP contribution in [0, 0.1) is 22.6 Å². The zero-order valence-electron chi connectivity index (χ0n) is 10.2. The van der Waals surface area contributed by atoms with E-state index in [2.05, 4.69) is 0 Å². The number of carbonyl (C=O) groups excluding carboxylic acids is 1. The first-order valence-electron chi connectivity index (χ1n) is 5.46. The summed E-state index contributed by atoms with van der Waals surface area (Å²) in [6, 6.07) is 6.09. The first-order chi connectivity index (χ1) is 8.44. The van der Waals surface area contributed by atoms with Crippen molar-refractivity contribution < 1.29 is 13.9 Å². The van der Waals surface area contributed by atoms with Gasteiger partial charge in [0.1, 0.15) is 5.82 Å². The predicted molar refractivity (Wildman–Crippen MR) is 65.5 cm³/mol. The molecule has 1 aromatic rings. The van der Waals surface area contributed by atoms with Gasteiger partial charge >= 0.3 is 5.97 Å². The second-order valence-corrected chi connectivity index (χ2v) is 4.45. The molecule has 1 rings (SSSR count). The Hall–Kier alpha value is -1.60. The van der Waals surface area contributed by atoms with Crippen LogP contribution in [0.5, 0.6) is 0 Å². The van der Waals surface area contributed by atoms with Gasteiger partial charge in [-0.2, -0.15) is 5.26 Å². The van der Waals surface area contributed by atoms with Crippen LogP contribution >= 0.6 is 11.6 Å². The highest BCUT2D eigenvalue weighted by Crippen LogP contribution is 2.29. The van der Waals surface area contributed by atoms with Crippen LogP contribution in [0.3, 0.4) is 0 Å². The zero-order chi connectivity index (χ0) is 13.8. The summed E-state index contributed by atoms with van der Waals surface area (Å²) in [5.74, 6) is -1.21. The van der Waals surface area contributed by atoms with Crippen molar-refractivity contribution in [1.29, 1.82) is 5.26 Å². The molecule has 0 radical (unpaired) electrons. The molecule has 0 aromatic heterocycles. The van der Waals surface area contributed by atoms with E-state index >= 15 is 0 Å². The largest absolute Gasteiger partial charge is 0.465 e. The van der Waals surface area contributed by atoms with Crippen LogP contribution in [0.4, 0.5) is 4.39 Å². The highest BCUT2D eigenvalue weighted by atomic mass is 35.5. The van der Waals surface area contributed by atoms with Crippen LogP contribution in [0.1, 0.15) is 19.4 Å². The minimum Gasteiger partial charge on any atom is -0.465 e. The van der Waals surface area contributed by atoms with Crippen molar-refractivity contribution in [2.24, 2.45) is 5.41 Å². The quantitative estimate of drug-likeness (QED) is 0.789. The zero-order valence-corrected chi connectivity index (χ0v) is 10.9. The topological polar surface area (TPSA) is 50.1 Å². The molecule has 0 saturated carbocycles. The lowest BCUT2D eigenvalue weighted by atomic mass is 9.85. The minimum atomic E-state index is -1.44. The summed E-state index contributed by atoms with van der Waals surface area (Å²) >= 11 is 5.87. The highest BCUT2D eigenvalue weighted by molar-refractivity contribution is 6.31. The van der Waals surface area contributed by atoms with Crippen LogP contribution in [0.2, 0.25) is 5.02 Å². The fraction of sp³-hybridized carbons (Fsp3) is 0.385. The maximum absolute atomic E-state index is 13.6. The molecular formula is C13H13ClFNO2. The van der Waals surface area contributed by atoms with Crippen molar-refractivity contribution in [1.82, 2.24) is 0 Å². The van der Waals surface area contributed by atoms with Gasteiger partial charge in [-0.3, -0.25) is 4.79 Å². The molecule has 0 amide bonds. The van der Waals surface area contributed by atoms with E-state index in [1.165, 1.54) is 25.1 Å². The van der Waals surface area contributed by atoms with Gasteiger partial charge in [-0.05, 0) is 26.0 Å². The van der Waals surface area contributed by atoms with Crippen LogP contribution in [0.25, 0.3) is 0 Å². The fourth-order valence-electron chi connectivity index (χ4n) is 1.50. The third-order valence-corrected chi connectivity index (χ3v) is 2.92. The summed E-state index contributed by atoms with van der Waals surface area (Å²) < 4.78 is 18.4. The molecule has 0 aliphatic heterocycles. The number of ether oxygens (including phenoxy) is 1. The molecule has 5 heteroatoms. The van der Waals surface area contributed by atoms with E-state index in [0.717, 1.165) is 0 Å². The predicted octanol–water partition coefficient (Wildman–Crippen LogP) is 3.11. The van der Waals surface area contributed by atoms with Crippen LogP contribution in [-0.4, -0.2) is 12.6 Å². The molecule has 0 bridgehead atoms. The lowest BCUT2D eigenvalue weighted by molar-refractivity contribution is -0.151. The van der Waals surface area contributed by atoms with Crippen molar-refractivity contribution in [2.45, 2.75) is 20.3 Å². The van der Waals surface area contributed by atoms with Gasteiger partial charge in [0.15, 0.2) is 5.41 Å². The third-order valence-electron chi connectivity index (χ3n) is 2.56. The molecule has 0 spiro atoms. The second kappa shape index (κ2) is 5.83. The van der Waals surface area contributed by atoms with Crippen LogP contribution < -0.4 is 0 Å². The third kappa shape index (κ3) is 2.99. The highest BCUT2D eigenvalue weighted by Gasteiger charge is 2.36. The first kappa shape index (κ1) is 14.5. The van der Waals surface area contributed by atoms with Crippen LogP contribution in [-0.2, 0) is 16.0 Å². The molecule has 0 saturated heterocycles. The van der Waals surface area contributed by atoms with E-state index in [4.69, 9.17) is 21.6 Å². The summed E-state index contributed by atoms with van der Waals surface area (Å²) in [4.78, 5) is 11.7. The van der Waals surface area contributed by atoms with Gasteiger partial charge < -0.3 is 4.74 Å². The Labute approximate surface area is 110 Å². The Bertz CT molecular complexity index is 478. The molecule has 0 aliphatic carbocycles. The van der Waals surface area contributed by atoms with Gasteiger partial charge in [0.05, 0.1) is 12.7 Å². The maximum atomic E-state index is 13.6. The summed E-state index contributed by atoms with van der Waals surface area (Å²) in [6.45, 7) is 3.22. The Morgan fingerprint density at radius 3 is 2.78 bits per heavy atom. The van der Waals surface area contributed by atoms with Gasteiger partial charge in [0.2, 0.25) is 0 Å². The number of benzene rings is 1. The summed E-state index contributed by atoms with van der Waals surface area (Å²) in [5, 5.41) is 9.30. The molecule has 18 heavy (non-hydrogen) atoms. The average Bonchev–Trinajstić information content (AvgIpc) is 2.34. The van der Waals surface area contributed by atoms with Crippen molar-refractivity contribution in [3.8, 4) is 6.07 Å². The monoisotopic (exact) mass is 269 g/mol. The molecule has 0 fully saturated rings. The Morgan fingerprint density at radius 1 is 1.61 bits per heavy atom. The number of nitriles is 1. The normalized spacial score (nSPS) is 13.5. The number of esters is 1. The molecule has 3 nitrogen and oxygen atoms in total. The van der Waals surface area contributed by atoms with Crippen molar-refractivity contribution in [3.05, 3.63) is 34.6 Å². The van der Waals surface area contributed by atoms with E-state index in [1.807, 2.05) is 6.07 Å². The second-order valence-electron chi connectivity index (χ2n) is 4.04. The maximum Gasteiger partial charge on any atom is 0.326 e. The van der Waals surface area contributed by atoms with Crippen molar-refractivity contribution in [3.63, 3.8) is 0 Å². The minimum absolute atomic E-state index is 0.117. The Kier molecular flexibility index (Phi) is 4.69. The Morgan fingerprint density at radius 2 is 2.28 bits per heavy atom. The molecule has 1 unspecified atom stereocenters. The molecular weight excluding hydrogens is 257 g/mol. The van der Waals surface area contributed by atoms with Gasteiger partial charge in [-0.25, -0.2) is 4.39 Å². The number of carbonyl (C=O) groups is 1. The smallest absolute Gasteiger partial charge is 0.326 e. The number of nitrogens with zero attached hydrogens (tertiary/aromatic N) is 1. The molecule has 1 atom stereocenters. The van der Waals surface area contributed by atoms with Crippen LogP contribution in [0.15, 0.2) is 18.2 Å². The molecule has 0 heterocycles. The SMILES string of the molecule is CCOC(=O)C(C)(C#N)Cc1c(F)cccc1Cl. The lowest BCUT2D eigenvalue weighted by Crippen LogP contribution is -2.31. The molecule has 96 valence electrons. The van der Waals surface area contributed by atoms with Crippen molar-refractivity contribution >= 4 is 17.6 Å². The van der Waals surface area contributed by atoms with Gasteiger partial charge in [-0.15, -0.1) is 0 Å². The van der Waals surface area contributed by atoms with E-state index < -0.39 is 17.2 Å². The number of hydrogen-bond acceptors (Lipinski definition) is 3. The summed E-state index contributed by atoms with van der Waals surface area (Å²) in [7, 11) is 0. The molecule has 0 aliphatic rings. The lowest BCUT2D eigenvalue weighted by Gasteiger charge is -2.20. The van der Waals surface area contributed by atoms with Gasteiger partial charge in [0, 0.05) is 17.0 Å². The Balaban J connectivity index is 3.07. The van der Waals surface area contributed by atoms with E-state index in [1.54, 1.807) is 6.92 Å². The van der Waals surface area contributed by atoms with E-state index in [9.17, 15) is 9.18 Å². The van der Waals surface area contributed by atoms with Gasteiger partial charge in [-0.1, -0.05) is 17.7 Å². The van der Waals surface area contributed by atoms with Crippen molar-refractivity contribution in [2.75, 3.05) is 6.61 Å². The number of hydrogen-bond donors (Lipinski definition) is 0. The molecule has 0 N–H and O–H groups in total. The number of halogens is 2. The average molecular weight is 270 g/mol. The first-order valence-corrected chi connectivity index (χ1v) is 5.83. The summed E-state index contributed by atoms with van der Waals surface area (Å²) in [5.41, 5.74) is -1.29.